The van der Waals surface area contributed by atoms with Crippen LogP contribution in [0.2, 0.25) is 0 Å². The lowest BCUT2D eigenvalue weighted by Gasteiger charge is -2.17. The lowest BCUT2D eigenvalue weighted by Crippen LogP contribution is -2.16. The summed E-state index contributed by atoms with van der Waals surface area (Å²) in [7, 11) is 0. The smallest absolute Gasteiger partial charge is 0.311 e. The molecule has 0 amide bonds. The van der Waals surface area contributed by atoms with Gasteiger partial charge in [-0.3, -0.25) is 4.79 Å². The number of carbonyl (C=O) groups excluding carboxylic acids is 1. The Morgan fingerprint density at radius 3 is 2.19 bits per heavy atom. The summed E-state index contributed by atoms with van der Waals surface area (Å²) in [6.07, 6.45) is 1.14. The van der Waals surface area contributed by atoms with Crippen LogP contribution in [-0.2, 0) is 11.2 Å². The zero-order valence-electron chi connectivity index (χ0n) is 11.5. The third-order valence-corrected chi connectivity index (χ3v) is 3.10. The number of benzene rings is 2. The van der Waals surface area contributed by atoms with Crippen molar-refractivity contribution in [2.75, 3.05) is 0 Å². The first-order chi connectivity index (χ1) is 9.97. The number of hydrogen-bond acceptors (Lipinski definition) is 5. The van der Waals surface area contributed by atoms with Gasteiger partial charge in [0.05, 0.1) is 6.42 Å². The van der Waals surface area contributed by atoms with Gasteiger partial charge in [-0.2, -0.15) is 0 Å². The Morgan fingerprint density at radius 1 is 1.00 bits per heavy atom. The highest BCUT2D eigenvalue weighted by Gasteiger charge is 2.19. The Bertz CT molecular complexity index is 643. The second-order valence-electron chi connectivity index (χ2n) is 4.70. The average molecular weight is 288 g/mol. The molecule has 0 aromatic heterocycles. The number of esters is 1. The monoisotopic (exact) mass is 288 g/mol. The van der Waals surface area contributed by atoms with E-state index in [2.05, 4.69) is 0 Å². The molecule has 5 heteroatoms. The maximum Gasteiger partial charge on any atom is 0.311 e. The summed E-state index contributed by atoms with van der Waals surface area (Å²) in [5.41, 5.74) is 2.00. The van der Waals surface area contributed by atoms with E-state index in [1.165, 1.54) is 18.2 Å². The molecule has 110 valence electrons. The Balaban J connectivity index is 0.000000173. The Morgan fingerprint density at radius 2 is 1.62 bits per heavy atom. The molecular formula is C16H16O5. The molecule has 0 saturated heterocycles. The number of aryl methyl sites for hydroxylation is 1. The van der Waals surface area contributed by atoms with E-state index in [0.29, 0.717) is 18.6 Å². The predicted octanol–water partition coefficient (Wildman–Crippen LogP) is 2.65. The van der Waals surface area contributed by atoms with Crippen molar-refractivity contribution in [3.05, 3.63) is 47.5 Å². The fourth-order valence-corrected chi connectivity index (χ4v) is 2.04. The summed E-state index contributed by atoms with van der Waals surface area (Å²) in [6, 6.07) is 9.31. The lowest BCUT2D eigenvalue weighted by atomic mass is 10.0. The SMILES string of the molecule is Cc1cc(O)cc2c1CCC(=O)O2.Oc1ccccc1O. The predicted molar refractivity (Wildman–Crippen MR) is 76.6 cm³/mol. The summed E-state index contributed by atoms with van der Waals surface area (Å²) in [6.45, 7) is 1.90. The largest absolute Gasteiger partial charge is 0.508 e. The van der Waals surface area contributed by atoms with Crippen LogP contribution in [0, 0.1) is 6.92 Å². The van der Waals surface area contributed by atoms with Gasteiger partial charge in [-0.25, -0.2) is 0 Å². The number of phenols is 3. The summed E-state index contributed by atoms with van der Waals surface area (Å²) in [4.78, 5) is 10.9. The number of hydrogen-bond donors (Lipinski definition) is 3. The van der Waals surface area contributed by atoms with Gasteiger partial charge in [-0.1, -0.05) is 12.1 Å². The van der Waals surface area contributed by atoms with E-state index in [4.69, 9.17) is 14.9 Å². The van der Waals surface area contributed by atoms with Crippen LogP contribution < -0.4 is 4.74 Å². The van der Waals surface area contributed by atoms with Crippen LogP contribution in [0.25, 0.3) is 0 Å². The van der Waals surface area contributed by atoms with Gasteiger partial charge in [0.2, 0.25) is 0 Å². The molecule has 0 spiro atoms. The Labute approximate surface area is 122 Å². The van der Waals surface area contributed by atoms with Crippen LogP contribution in [0.15, 0.2) is 36.4 Å². The average Bonchev–Trinajstić information content (AvgIpc) is 2.42. The molecule has 1 aliphatic heterocycles. The van der Waals surface area contributed by atoms with Crippen molar-refractivity contribution in [2.24, 2.45) is 0 Å². The summed E-state index contributed by atoms with van der Waals surface area (Å²) >= 11 is 0. The lowest BCUT2D eigenvalue weighted by molar-refractivity contribution is -0.135. The number of aromatic hydroxyl groups is 3. The Hall–Kier alpha value is -2.69. The minimum Gasteiger partial charge on any atom is -0.508 e. The highest BCUT2D eigenvalue weighted by Crippen LogP contribution is 2.31. The van der Waals surface area contributed by atoms with Gasteiger partial charge >= 0.3 is 5.97 Å². The molecule has 0 radical (unpaired) electrons. The van der Waals surface area contributed by atoms with E-state index in [1.807, 2.05) is 6.92 Å². The van der Waals surface area contributed by atoms with Crippen molar-refractivity contribution in [1.29, 1.82) is 0 Å². The quantitative estimate of drug-likeness (QED) is 0.394. The molecule has 0 bridgehead atoms. The summed E-state index contributed by atoms with van der Waals surface area (Å²) < 4.78 is 4.99. The number of carbonyl (C=O) groups is 1. The number of rotatable bonds is 0. The molecule has 3 N–H and O–H groups in total. The summed E-state index contributed by atoms with van der Waals surface area (Å²) in [5.74, 6) is 0.275. The van der Waals surface area contributed by atoms with Gasteiger partial charge in [-0.05, 0) is 42.7 Å². The maximum absolute atomic E-state index is 10.9. The van der Waals surface area contributed by atoms with Gasteiger partial charge in [0.25, 0.3) is 0 Å². The fourth-order valence-electron chi connectivity index (χ4n) is 2.04. The number of fused-ring (bicyclic) bond motifs is 1. The van der Waals surface area contributed by atoms with Crippen molar-refractivity contribution in [3.63, 3.8) is 0 Å². The zero-order chi connectivity index (χ0) is 15.4. The van der Waals surface area contributed by atoms with Gasteiger partial charge in [-0.15, -0.1) is 0 Å². The molecule has 0 aliphatic carbocycles. The molecule has 21 heavy (non-hydrogen) atoms. The second kappa shape index (κ2) is 6.17. The van der Waals surface area contributed by atoms with E-state index in [9.17, 15) is 9.90 Å². The maximum atomic E-state index is 10.9. The molecule has 2 aromatic carbocycles. The standard InChI is InChI=1S/C10H10O3.C6H6O2/c1-6-4-7(11)5-9-8(6)2-3-10(12)13-9;7-5-3-1-2-4-6(5)8/h4-5,11H,2-3H2,1H3;1-4,7-8H. The van der Waals surface area contributed by atoms with Crippen molar-refractivity contribution in [2.45, 2.75) is 19.8 Å². The molecule has 2 aromatic rings. The zero-order valence-corrected chi connectivity index (χ0v) is 11.5. The number of ether oxygens (including phenoxy) is 1. The normalized spacial score (nSPS) is 12.7. The third-order valence-electron chi connectivity index (χ3n) is 3.10. The molecule has 0 saturated carbocycles. The van der Waals surface area contributed by atoms with Crippen molar-refractivity contribution in [3.8, 4) is 23.0 Å². The van der Waals surface area contributed by atoms with Gasteiger partial charge in [0, 0.05) is 6.07 Å². The minimum atomic E-state index is -0.225. The van der Waals surface area contributed by atoms with E-state index < -0.39 is 0 Å². The van der Waals surface area contributed by atoms with Crippen molar-refractivity contribution in [1.82, 2.24) is 0 Å². The molecule has 5 nitrogen and oxygen atoms in total. The molecular weight excluding hydrogens is 272 g/mol. The third kappa shape index (κ3) is 3.66. The second-order valence-corrected chi connectivity index (χ2v) is 4.70. The van der Waals surface area contributed by atoms with Crippen LogP contribution in [0.3, 0.4) is 0 Å². The van der Waals surface area contributed by atoms with E-state index in [0.717, 1.165) is 11.1 Å². The number of phenolic OH excluding ortho intramolecular Hbond substituents is 3. The van der Waals surface area contributed by atoms with Gasteiger partial charge in [0.1, 0.15) is 11.5 Å². The van der Waals surface area contributed by atoms with Gasteiger partial charge in [0.15, 0.2) is 11.5 Å². The highest BCUT2D eigenvalue weighted by atomic mass is 16.5. The molecule has 0 atom stereocenters. The minimum absolute atomic E-state index is 0.0764. The fraction of sp³-hybridized carbons (Fsp3) is 0.188. The first-order valence-electron chi connectivity index (χ1n) is 6.47. The molecule has 1 heterocycles. The summed E-state index contributed by atoms with van der Waals surface area (Å²) in [5, 5.41) is 26.6. The van der Waals surface area contributed by atoms with Crippen LogP contribution in [0.1, 0.15) is 17.5 Å². The van der Waals surface area contributed by atoms with E-state index in [-0.39, 0.29) is 23.2 Å². The topological polar surface area (TPSA) is 87.0 Å². The Kier molecular flexibility index (Phi) is 4.33. The van der Waals surface area contributed by atoms with Gasteiger partial charge < -0.3 is 20.1 Å². The van der Waals surface area contributed by atoms with Crippen molar-refractivity contribution >= 4 is 5.97 Å². The molecule has 0 fully saturated rings. The van der Waals surface area contributed by atoms with E-state index >= 15 is 0 Å². The molecule has 3 rings (SSSR count). The van der Waals surface area contributed by atoms with E-state index in [1.54, 1.807) is 18.2 Å². The molecule has 1 aliphatic rings. The number of para-hydroxylation sites is 2. The van der Waals surface area contributed by atoms with Crippen LogP contribution in [0.4, 0.5) is 0 Å². The highest BCUT2D eigenvalue weighted by molar-refractivity contribution is 5.76. The van der Waals surface area contributed by atoms with Crippen LogP contribution in [-0.4, -0.2) is 21.3 Å². The first-order valence-corrected chi connectivity index (χ1v) is 6.47. The van der Waals surface area contributed by atoms with Crippen LogP contribution in [0.5, 0.6) is 23.0 Å². The van der Waals surface area contributed by atoms with Crippen molar-refractivity contribution < 1.29 is 24.9 Å². The first kappa shape index (κ1) is 14.7. The van der Waals surface area contributed by atoms with Crippen LogP contribution >= 0.6 is 0 Å². The molecule has 0 unspecified atom stereocenters.